The van der Waals surface area contributed by atoms with Crippen LogP contribution in [0.15, 0.2) is 54.6 Å². The first-order valence-electron chi connectivity index (χ1n) is 9.77. The summed E-state index contributed by atoms with van der Waals surface area (Å²) >= 11 is 0. The minimum Gasteiger partial charge on any atom is -0.452 e. The quantitative estimate of drug-likeness (QED) is 0.659. The SMILES string of the molecule is CCC[C@H](C)NC(=O)COC(=O)c1ccccc1C(=O)N(C)Cc1ccccc1. The third kappa shape index (κ3) is 6.75. The maximum absolute atomic E-state index is 12.9. The Kier molecular flexibility index (Phi) is 8.40. The van der Waals surface area contributed by atoms with E-state index in [0.29, 0.717) is 6.54 Å². The predicted molar refractivity (Wildman–Crippen MR) is 111 cm³/mol. The van der Waals surface area contributed by atoms with Gasteiger partial charge in [0.15, 0.2) is 6.61 Å². The maximum Gasteiger partial charge on any atom is 0.339 e. The van der Waals surface area contributed by atoms with Gasteiger partial charge in [-0.3, -0.25) is 9.59 Å². The molecule has 2 aromatic rings. The Morgan fingerprint density at radius 3 is 2.28 bits per heavy atom. The van der Waals surface area contributed by atoms with Crippen molar-refractivity contribution in [2.24, 2.45) is 0 Å². The second-order valence-electron chi connectivity index (χ2n) is 7.03. The van der Waals surface area contributed by atoms with Crippen LogP contribution >= 0.6 is 0 Å². The van der Waals surface area contributed by atoms with Gasteiger partial charge in [0.2, 0.25) is 0 Å². The van der Waals surface area contributed by atoms with Crippen LogP contribution in [0.3, 0.4) is 0 Å². The predicted octanol–water partition coefficient (Wildman–Crippen LogP) is 3.42. The molecule has 2 aromatic carbocycles. The summed E-state index contributed by atoms with van der Waals surface area (Å²) in [4.78, 5) is 38.8. The van der Waals surface area contributed by atoms with E-state index in [2.05, 4.69) is 5.32 Å². The molecule has 2 amide bonds. The number of hydrogen-bond acceptors (Lipinski definition) is 4. The van der Waals surface area contributed by atoms with Crippen LogP contribution in [-0.4, -0.2) is 42.4 Å². The van der Waals surface area contributed by atoms with Crippen molar-refractivity contribution in [1.82, 2.24) is 10.2 Å². The summed E-state index contributed by atoms with van der Waals surface area (Å²) in [5, 5.41) is 2.78. The fourth-order valence-electron chi connectivity index (χ4n) is 3.01. The van der Waals surface area contributed by atoms with Gasteiger partial charge in [0.25, 0.3) is 11.8 Å². The van der Waals surface area contributed by atoms with Crippen LogP contribution in [0.25, 0.3) is 0 Å². The topological polar surface area (TPSA) is 75.7 Å². The number of benzene rings is 2. The molecule has 154 valence electrons. The average molecular weight is 396 g/mol. The zero-order valence-electron chi connectivity index (χ0n) is 17.2. The van der Waals surface area contributed by atoms with Gasteiger partial charge in [-0.1, -0.05) is 55.8 Å². The zero-order chi connectivity index (χ0) is 21.2. The largest absolute Gasteiger partial charge is 0.452 e. The lowest BCUT2D eigenvalue weighted by atomic mass is 10.1. The minimum atomic E-state index is -0.694. The average Bonchev–Trinajstić information content (AvgIpc) is 2.72. The molecule has 6 heteroatoms. The fraction of sp³-hybridized carbons (Fsp3) is 0.348. The van der Waals surface area contributed by atoms with Gasteiger partial charge in [-0.2, -0.15) is 0 Å². The van der Waals surface area contributed by atoms with Gasteiger partial charge in [-0.25, -0.2) is 4.79 Å². The van der Waals surface area contributed by atoms with Crippen molar-refractivity contribution in [1.29, 1.82) is 0 Å². The third-order valence-corrected chi connectivity index (χ3v) is 4.45. The Morgan fingerprint density at radius 1 is 1.00 bits per heavy atom. The van der Waals surface area contributed by atoms with Crippen LogP contribution in [0.1, 0.15) is 53.0 Å². The Morgan fingerprint density at radius 2 is 1.62 bits per heavy atom. The van der Waals surface area contributed by atoms with Crippen molar-refractivity contribution in [2.45, 2.75) is 39.3 Å². The molecule has 0 heterocycles. The lowest BCUT2D eigenvalue weighted by molar-refractivity contribution is -0.124. The molecule has 1 atom stereocenters. The molecule has 6 nitrogen and oxygen atoms in total. The van der Waals surface area contributed by atoms with E-state index in [1.54, 1.807) is 30.1 Å². The van der Waals surface area contributed by atoms with Gasteiger partial charge in [0.1, 0.15) is 0 Å². The Hall–Kier alpha value is -3.15. The number of amides is 2. The van der Waals surface area contributed by atoms with Crippen LogP contribution in [0, 0.1) is 0 Å². The molecular formula is C23H28N2O4. The molecule has 0 aliphatic carbocycles. The highest BCUT2D eigenvalue weighted by Crippen LogP contribution is 2.14. The highest BCUT2D eigenvalue weighted by molar-refractivity contribution is 6.05. The molecule has 0 bridgehead atoms. The summed E-state index contributed by atoms with van der Waals surface area (Å²) in [6.45, 7) is 3.97. The monoisotopic (exact) mass is 396 g/mol. The van der Waals surface area contributed by atoms with E-state index >= 15 is 0 Å². The Bertz CT molecular complexity index is 836. The normalized spacial score (nSPS) is 11.4. The molecule has 0 radical (unpaired) electrons. The number of carbonyl (C=O) groups excluding carboxylic acids is 3. The molecule has 0 aliphatic heterocycles. The fourth-order valence-corrected chi connectivity index (χ4v) is 3.01. The first-order chi connectivity index (χ1) is 13.9. The van der Waals surface area contributed by atoms with Gasteiger partial charge in [0.05, 0.1) is 11.1 Å². The summed E-state index contributed by atoms with van der Waals surface area (Å²) in [5.74, 6) is -1.34. The van der Waals surface area contributed by atoms with E-state index in [4.69, 9.17) is 4.74 Å². The summed E-state index contributed by atoms with van der Waals surface area (Å²) in [5.41, 5.74) is 1.38. The van der Waals surface area contributed by atoms with E-state index < -0.39 is 5.97 Å². The summed E-state index contributed by atoms with van der Waals surface area (Å²) in [6.07, 6.45) is 1.80. The van der Waals surface area contributed by atoms with Gasteiger partial charge in [-0.05, 0) is 31.0 Å². The molecule has 1 N–H and O–H groups in total. The summed E-state index contributed by atoms with van der Waals surface area (Å²) in [7, 11) is 1.68. The first-order valence-corrected chi connectivity index (χ1v) is 9.77. The second-order valence-corrected chi connectivity index (χ2v) is 7.03. The zero-order valence-corrected chi connectivity index (χ0v) is 17.2. The molecule has 0 aliphatic rings. The van der Waals surface area contributed by atoms with Crippen molar-refractivity contribution in [3.8, 4) is 0 Å². The van der Waals surface area contributed by atoms with Gasteiger partial charge >= 0.3 is 5.97 Å². The molecule has 0 unspecified atom stereocenters. The maximum atomic E-state index is 12.9. The third-order valence-electron chi connectivity index (χ3n) is 4.45. The molecular weight excluding hydrogens is 368 g/mol. The molecule has 29 heavy (non-hydrogen) atoms. The van der Waals surface area contributed by atoms with Gasteiger partial charge < -0.3 is 15.0 Å². The van der Waals surface area contributed by atoms with Crippen molar-refractivity contribution in [2.75, 3.05) is 13.7 Å². The van der Waals surface area contributed by atoms with Crippen LogP contribution in [0.4, 0.5) is 0 Å². The molecule has 0 saturated heterocycles. The smallest absolute Gasteiger partial charge is 0.339 e. The van der Waals surface area contributed by atoms with E-state index in [9.17, 15) is 14.4 Å². The van der Waals surface area contributed by atoms with E-state index in [-0.39, 0.29) is 35.6 Å². The van der Waals surface area contributed by atoms with Crippen LogP contribution in [-0.2, 0) is 16.1 Å². The summed E-state index contributed by atoms with van der Waals surface area (Å²) < 4.78 is 5.14. The number of ether oxygens (including phenoxy) is 1. The lowest BCUT2D eigenvalue weighted by Crippen LogP contribution is -2.36. The van der Waals surface area contributed by atoms with Crippen LogP contribution in [0.2, 0.25) is 0 Å². The molecule has 2 rings (SSSR count). The number of esters is 1. The van der Waals surface area contributed by atoms with Crippen molar-refractivity contribution in [3.63, 3.8) is 0 Å². The number of rotatable bonds is 9. The molecule has 0 fully saturated rings. The van der Waals surface area contributed by atoms with Gasteiger partial charge in [-0.15, -0.1) is 0 Å². The number of nitrogens with one attached hydrogen (secondary N) is 1. The highest BCUT2D eigenvalue weighted by atomic mass is 16.5. The second kappa shape index (κ2) is 11.0. The number of nitrogens with zero attached hydrogens (tertiary/aromatic N) is 1. The van der Waals surface area contributed by atoms with E-state index in [1.165, 1.54) is 6.07 Å². The van der Waals surface area contributed by atoms with E-state index in [1.807, 2.05) is 44.2 Å². The van der Waals surface area contributed by atoms with Crippen LogP contribution < -0.4 is 5.32 Å². The van der Waals surface area contributed by atoms with Crippen molar-refractivity contribution >= 4 is 17.8 Å². The Labute approximate surface area is 171 Å². The lowest BCUT2D eigenvalue weighted by Gasteiger charge is -2.19. The Balaban J connectivity index is 2.02. The highest BCUT2D eigenvalue weighted by Gasteiger charge is 2.21. The molecule has 0 aromatic heterocycles. The molecule has 0 saturated carbocycles. The number of carbonyl (C=O) groups is 3. The van der Waals surface area contributed by atoms with Crippen molar-refractivity contribution in [3.05, 3.63) is 71.3 Å². The number of hydrogen-bond donors (Lipinski definition) is 1. The minimum absolute atomic E-state index is 0.0201. The summed E-state index contributed by atoms with van der Waals surface area (Å²) in [6, 6.07) is 16.1. The van der Waals surface area contributed by atoms with Gasteiger partial charge in [0, 0.05) is 19.6 Å². The first kappa shape index (κ1) is 22.1. The standard InChI is InChI=1S/C23H28N2O4/c1-4-10-17(2)24-21(26)16-29-23(28)20-14-9-8-13-19(20)22(27)25(3)15-18-11-6-5-7-12-18/h5-9,11-14,17H,4,10,15-16H2,1-3H3,(H,24,26)/t17-/m0/s1. The molecule has 0 spiro atoms. The van der Waals surface area contributed by atoms with Crippen molar-refractivity contribution < 1.29 is 19.1 Å². The van der Waals surface area contributed by atoms with Crippen LogP contribution in [0.5, 0.6) is 0 Å². The van der Waals surface area contributed by atoms with E-state index in [0.717, 1.165) is 18.4 Å².